The highest BCUT2D eigenvalue weighted by molar-refractivity contribution is 5.98. The van der Waals surface area contributed by atoms with E-state index >= 15 is 0 Å². The average molecular weight is 344 g/mol. The van der Waals surface area contributed by atoms with E-state index in [0.29, 0.717) is 0 Å². The van der Waals surface area contributed by atoms with Gasteiger partial charge in [0.05, 0.1) is 16.7 Å². The summed E-state index contributed by atoms with van der Waals surface area (Å²) in [6, 6.07) is 2.07. The third-order valence-electron chi connectivity index (χ3n) is 4.46. The number of alkyl halides is 2. The quantitative estimate of drug-likeness (QED) is 0.749. The highest BCUT2D eigenvalue weighted by atomic mass is 19.3. The third-order valence-corrected chi connectivity index (χ3v) is 4.46. The summed E-state index contributed by atoms with van der Waals surface area (Å²) >= 11 is 0. The van der Waals surface area contributed by atoms with Gasteiger partial charge in [0, 0.05) is 31.0 Å². The number of hydrogen-bond donors (Lipinski definition) is 3. The van der Waals surface area contributed by atoms with Crippen molar-refractivity contribution in [3.05, 3.63) is 35.5 Å². The zero-order valence-corrected chi connectivity index (χ0v) is 12.6. The first-order valence-corrected chi connectivity index (χ1v) is 7.54. The summed E-state index contributed by atoms with van der Waals surface area (Å²) in [7, 11) is 0. The first kappa shape index (κ1) is 16.8. The third kappa shape index (κ3) is 3.10. The van der Waals surface area contributed by atoms with Crippen LogP contribution in [-0.4, -0.2) is 34.1 Å². The van der Waals surface area contributed by atoms with Crippen LogP contribution in [-0.2, 0) is 0 Å². The van der Waals surface area contributed by atoms with Gasteiger partial charge in [-0.05, 0) is 25.0 Å². The molecule has 2 aromatic rings. The number of aromatic nitrogens is 1. The fourth-order valence-electron chi connectivity index (χ4n) is 2.92. The molecule has 0 bridgehead atoms. The Morgan fingerprint density at radius 3 is 2.58 bits per heavy atom. The molecule has 0 unspecified atom stereocenters. The molecule has 130 valence electrons. The minimum Gasteiger partial charge on any atom is -0.388 e. The molecule has 0 spiro atoms. The molecule has 4 nitrogen and oxygen atoms in total. The van der Waals surface area contributed by atoms with Crippen LogP contribution < -0.4 is 5.32 Å². The van der Waals surface area contributed by atoms with Gasteiger partial charge in [0.15, 0.2) is 0 Å². The van der Waals surface area contributed by atoms with Crippen molar-refractivity contribution in [1.82, 2.24) is 10.3 Å². The Bertz CT molecular complexity index is 778. The van der Waals surface area contributed by atoms with Crippen LogP contribution in [0.4, 0.5) is 17.6 Å². The van der Waals surface area contributed by atoms with Gasteiger partial charge in [-0.2, -0.15) is 0 Å². The summed E-state index contributed by atoms with van der Waals surface area (Å²) in [5.41, 5.74) is -2.01. The number of H-pyrrole nitrogens is 1. The van der Waals surface area contributed by atoms with E-state index in [1.54, 1.807) is 0 Å². The lowest BCUT2D eigenvalue weighted by Gasteiger charge is -2.35. The number of rotatable bonds is 3. The molecule has 0 aliphatic heterocycles. The van der Waals surface area contributed by atoms with E-state index < -0.39 is 47.5 Å². The zero-order chi connectivity index (χ0) is 17.5. The van der Waals surface area contributed by atoms with Gasteiger partial charge in [0.2, 0.25) is 5.92 Å². The molecule has 0 atom stereocenters. The number of halogens is 4. The fourth-order valence-corrected chi connectivity index (χ4v) is 2.92. The highest BCUT2D eigenvalue weighted by Gasteiger charge is 2.42. The Labute approximate surface area is 134 Å². The van der Waals surface area contributed by atoms with Crippen LogP contribution in [0.2, 0.25) is 0 Å². The van der Waals surface area contributed by atoms with Crippen molar-refractivity contribution in [1.29, 1.82) is 0 Å². The van der Waals surface area contributed by atoms with Crippen LogP contribution in [0.3, 0.4) is 0 Å². The van der Waals surface area contributed by atoms with Gasteiger partial charge in [-0.15, -0.1) is 0 Å². The van der Waals surface area contributed by atoms with E-state index in [4.69, 9.17) is 0 Å². The standard InChI is InChI=1S/C16H16F4N2O2/c17-11-7-10(12(18)9-1-6-21-13(9)11)14(23)22-8-15(24)2-4-16(19,20)5-3-15/h1,6-7,21,24H,2-5,8H2,(H,22,23). The summed E-state index contributed by atoms with van der Waals surface area (Å²) in [6.07, 6.45) is 0.0563. The molecule has 1 aliphatic carbocycles. The average Bonchev–Trinajstić information content (AvgIpc) is 3.03. The number of carbonyl (C=O) groups excluding carboxylic acids is 1. The Balaban J connectivity index is 1.73. The van der Waals surface area contributed by atoms with Crippen LogP contribution >= 0.6 is 0 Å². The number of nitrogens with one attached hydrogen (secondary N) is 2. The van der Waals surface area contributed by atoms with Crippen molar-refractivity contribution in [2.45, 2.75) is 37.2 Å². The second-order valence-electron chi connectivity index (χ2n) is 6.25. The van der Waals surface area contributed by atoms with E-state index in [1.807, 2.05) is 0 Å². The number of benzene rings is 1. The van der Waals surface area contributed by atoms with E-state index in [-0.39, 0.29) is 30.3 Å². The summed E-state index contributed by atoms with van der Waals surface area (Å²) in [4.78, 5) is 14.6. The monoisotopic (exact) mass is 344 g/mol. The predicted octanol–water partition coefficient (Wildman–Crippen LogP) is 3.12. The van der Waals surface area contributed by atoms with Crippen LogP contribution in [0.5, 0.6) is 0 Å². The summed E-state index contributed by atoms with van der Waals surface area (Å²) in [6.45, 7) is -0.297. The van der Waals surface area contributed by atoms with Crippen molar-refractivity contribution >= 4 is 16.8 Å². The van der Waals surface area contributed by atoms with Crippen molar-refractivity contribution in [2.75, 3.05) is 6.54 Å². The Morgan fingerprint density at radius 2 is 1.92 bits per heavy atom. The van der Waals surface area contributed by atoms with Gasteiger partial charge < -0.3 is 15.4 Å². The van der Waals surface area contributed by atoms with Crippen molar-refractivity contribution in [2.24, 2.45) is 0 Å². The minimum atomic E-state index is -2.81. The minimum absolute atomic E-state index is 0.0443. The summed E-state index contributed by atoms with van der Waals surface area (Å²) in [5, 5.41) is 12.5. The van der Waals surface area contributed by atoms with E-state index in [1.165, 1.54) is 12.3 Å². The normalized spacial score (nSPS) is 19.4. The molecule has 1 fully saturated rings. The van der Waals surface area contributed by atoms with E-state index in [0.717, 1.165) is 6.07 Å². The molecular formula is C16H16F4N2O2. The largest absolute Gasteiger partial charge is 0.388 e. The van der Waals surface area contributed by atoms with Gasteiger partial charge >= 0.3 is 0 Å². The lowest BCUT2D eigenvalue weighted by molar-refractivity contribution is -0.101. The van der Waals surface area contributed by atoms with E-state index in [2.05, 4.69) is 10.3 Å². The number of carbonyl (C=O) groups is 1. The van der Waals surface area contributed by atoms with Crippen LogP contribution in [0, 0.1) is 11.6 Å². The number of aliphatic hydroxyl groups is 1. The van der Waals surface area contributed by atoms with Gasteiger partial charge in [-0.3, -0.25) is 4.79 Å². The number of hydrogen-bond acceptors (Lipinski definition) is 2. The Hall–Kier alpha value is -2.09. The van der Waals surface area contributed by atoms with Gasteiger partial charge in [0.25, 0.3) is 5.91 Å². The molecule has 1 aromatic carbocycles. The zero-order valence-electron chi connectivity index (χ0n) is 12.6. The van der Waals surface area contributed by atoms with Crippen molar-refractivity contribution < 1.29 is 27.5 Å². The van der Waals surface area contributed by atoms with Gasteiger partial charge in [-0.1, -0.05) is 0 Å². The molecule has 1 amide bonds. The smallest absolute Gasteiger partial charge is 0.254 e. The first-order chi connectivity index (χ1) is 11.2. The molecule has 1 aliphatic rings. The second kappa shape index (κ2) is 5.77. The molecule has 8 heteroatoms. The topological polar surface area (TPSA) is 65.1 Å². The summed E-state index contributed by atoms with van der Waals surface area (Å²) < 4.78 is 54.4. The van der Waals surface area contributed by atoms with Crippen LogP contribution in [0.25, 0.3) is 10.9 Å². The lowest BCUT2D eigenvalue weighted by Crippen LogP contribution is -2.47. The number of aromatic amines is 1. The lowest BCUT2D eigenvalue weighted by atomic mass is 9.82. The molecule has 1 saturated carbocycles. The predicted molar refractivity (Wildman–Crippen MR) is 78.9 cm³/mol. The van der Waals surface area contributed by atoms with Crippen molar-refractivity contribution in [3.8, 4) is 0 Å². The fraction of sp³-hybridized carbons (Fsp3) is 0.438. The molecule has 3 N–H and O–H groups in total. The van der Waals surface area contributed by atoms with Gasteiger partial charge in [0.1, 0.15) is 11.6 Å². The van der Waals surface area contributed by atoms with E-state index in [9.17, 15) is 27.5 Å². The molecular weight excluding hydrogens is 328 g/mol. The molecule has 1 heterocycles. The SMILES string of the molecule is O=C(NCC1(O)CCC(F)(F)CC1)c1cc(F)c2[nH]ccc2c1F. The summed E-state index contributed by atoms with van der Waals surface area (Å²) in [5.74, 6) is -5.38. The molecule has 1 aromatic heterocycles. The highest BCUT2D eigenvalue weighted by Crippen LogP contribution is 2.38. The second-order valence-corrected chi connectivity index (χ2v) is 6.25. The number of fused-ring (bicyclic) bond motifs is 1. The maximum Gasteiger partial charge on any atom is 0.254 e. The Morgan fingerprint density at radius 1 is 1.25 bits per heavy atom. The van der Waals surface area contributed by atoms with Crippen molar-refractivity contribution in [3.63, 3.8) is 0 Å². The van der Waals surface area contributed by atoms with Gasteiger partial charge in [-0.25, -0.2) is 17.6 Å². The Kier molecular flexibility index (Phi) is 4.03. The van der Waals surface area contributed by atoms with Crippen LogP contribution in [0.15, 0.2) is 18.3 Å². The maximum absolute atomic E-state index is 14.3. The molecule has 0 radical (unpaired) electrons. The molecule has 24 heavy (non-hydrogen) atoms. The van der Waals surface area contributed by atoms with Crippen LogP contribution in [0.1, 0.15) is 36.0 Å². The molecule has 3 rings (SSSR count). The molecule has 0 saturated heterocycles. The maximum atomic E-state index is 14.3. The number of amides is 1. The first-order valence-electron chi connectivity index (χ1n) is 7.54.